The molecule has 112 valence electrons. The monoisotopic (exact) mass is 301 g/mol. The van der Waals surface area contributed by atoms with E-state index >= 15 is 0 Å². The van der Waals surface area contributed by atoms with Crippen LogP contribution in [-0.2, 0) is 0 Å². The van der Waals surface area contributed by atoms with Crippen molar-refractivity contribution in [3.63, 3.8) is 0 Å². The molecule has 3 heteroatoms. The number of benzene rings is 1. The predicted octanol–water partition coefficient (Wildman–Crippen LogP) is 3.82. The van der Waals surface area contributed by atoms with Crippen LogP contribution in [0.1, 0.15) is 42.5 Å². The molecular formula is C18H23NOS. The lowest BCUT2D eigenvalue weighted by Crippen LogP contribution is -2.49. The highest BCUT2D eigenvalue weighted by Gasteiger charge is 2.51. The molecule has 0 heterocycles. The molecule has 21 heavy (non-hydrogen) atoms. The third-order valence-corrected chi connectivity index (χ3v) is 6.84. The smallest absolute Gasteiger partial charge is 0.219 e. The predicted molar refractivity (Wildman–Crippen MR) is 87.6 cm³/mol. The molecular weight excluding hydrogens is 278 g/mol. The van der Waals surface area contributed by atoms with Gasteiger partial charge >= 0.3 is 0 Å². The topological polar surface area (TPSA) is 20.3 Å². The molecule has 1 aromatic carbocycles. The molecule has 0 spiro atoms. The summed E-state index contributed by atoms with van der Waals surface area (Å²) < 4.78 is 0. The number of thioether (sulfide) groups is 1. The zero-order chi connectivity index (χ0) is 14.4. The second kappa shape index (κ2) is 5.44. The molecule has 3 aliphatic carbocycles. The van der Waals surface area contributed by atoms with Crippen molar-refractivity contribution in [3.05, 3.63) is 35.9 Å². The van der Waals surface area contributed by atoms with Gasteiger partial charge < -0.3 is 4.90 Å². The van der Waals surface area contributed by atoms with Crippen molar-refractivity contribution in [1.82, 2.24) is 4.90 Å². The molecule has 0 saturated heterocycles. The van der Waals surface area contributed by atoms with E-state index < -0.39 is 0 Å². The Hall–Kier alpha value is -0.800. The average molecular weight is 301 g/mol. The van der Waals surface area contributed by atoms with Gasteiger partial charge in [0.1, 0.15) is 0 Å². The zero-order valence-corrected chi connectivity index (χ0v) is 13.4. The second-order valence-electron chi connectivity index (χ2n) is 6.99. The van der Waals surface area contributed by atoms with Gasteiger partial charge in [0, 0.05) is 22.9 Å². The second-order valence-corrected chi connectivity index (χ2v) is 8.26. The van der Waals surface area contributed by atoms with E-state index in [2.05, 4.69) is 11.9 Å². The Labute approximate surface area is 131 Å². The molecule has 3 aliphatic rings. The summed E-state index contributed by atoms with van der Waals surface area (Å²) >= 11 is 1.59. The Morgan fingerprint density at radius 1 is 1.14 bits per heavy atom. The number of fused-ring (bicyclic) bond motifs is 1. The first-order valence-corrected chi connectivity index (χ1v) is 9.08. The van der Waals surface area contributed by atoms with E-state index in [1.807, 2.05) is 30.3 Å². The third-order valence-electron chi connectivity index (χ3n) is 5.67. The molecule has 0 radical (unpaired) electrons. The minimum atomic E-state index is 0.258. The molecule has 0 N–H and O–H groups in total. The van der Waals surface area contributed by atoms with Crippen molar-refractivity contribution in [1.29, 1.82) is 0 Å². The first-order valence-electron chi connectivity index (χ1n) is 8.20. The lowest BCUT2D eigenvalue weighted by Gasteiger charge is -2.46. The highest BCUT2D eigenvalue weighted by molar-refractivity contribution is 8.14. The van der Waals surface area contributed by atoms with Gasteiger partial charge in [-0.1, -0.05) is 42.1 Å². The summed E-state index contributed by atoms with van der Waals surface area (Å²) in [6, 6.07) is 11.4. The number of nitrogens with zero attached hydrogens (tertiary/aromatic N) is 1. The normalized spacial score (nSPS) is 34.6. The number of carbonyl (C=O) groups excluding carboxylic acids is 1. The van der Waals surface area contributed by atoms with Crippen molar-refractivity contribution in [2.75, 3.05) is 7.05 Å². The lowest BCUT2D eigenvalue weighted by atomic mass is 9.71. The van der Waals surface area contributed by atoms with Crippen molar-refractivity contribution >= 4 is 16.9 Å². The van der Waals surface area contributed by atoms with Crippen molar-refractivity contribution in [3.8, 4) is 0 Å². The number of carbonyl (C=O) groups is 1. The van der Waals surface area contributed by atoms with E-state index in [0.717, 1.165) is 29.5 Å². The number of hydrogen-bond acceptors (Lipinski definition) is 3. The summed E-state index contributed by atoms with van der Waals surface area (Å²) in [5, 5.41) is 0.805. The van der Waals surface area contributed by atoms with Gasteiger partial charge in [0.05, 0.1) is 0 Å². The van der Waals surface area contributed by atoms with Gasteiger partial charge in [-0.25, -0.2) is 0 Å². The standard InChI is InChI=1S/C18H23NOS/c1-19(14-7-8-14)17-10-13-9-15(11-16(13)17)21-18(20)12-5-3-2-4-6-12/h2-6,13-17H,7-11H2,1H3/t13-,15?,16-,17?/m1/s1. The highest BCUT2D eigenvalue weighted by Crippen LogP contribution is 2.53. The largest absolute Gasteiger partial charge is 0.300 e. The Kier molecular flexibility index (Phi) is 3.58. The van der Waals surface area contributed by atoms with Crippen molar-refractivity contribution in [2.45, 2.75) is 49.4 Å². The molecule has 4 atom stereocenters. The summed E-state index contributed by atoms with van der Waals surface area (Å²) in [5.74, 6) is 1.74. The summed E-state index contributed by atoms with van der Waals surface area (Å²) in [6.45, 7) is 0. The van der Waals surface area contributed by atoms with Crippen molar-refractivity contribution in [2.24, 2.45) is 11.8 Å². The molecule has 3 fully saturated rings. The van der Waals surface area contributed by atoms with Crippen LogP contribution in [0.5, 0.6) is 0 Å². The van der Waals surface area contributed by atoms with Gasteiger partial charge in [-0.05, 0) is 51.0 Å². The summed E-state index contributed by atoms with van der Waals surface area (Å²) in [7, 11) is 2.31. The fourth-order valence-corrected chi connectivity index (χ4v) is 5.48. The maximum absolute atomic E-state index is 12.3. The van der Waals surface area contributed by atoms with Crippen LogP contribution in [0.25, 0.3) is 0 Å². The van der Waals surface area contributed by atoms with E-state index in [4.69, 9.17) is 0 Å². The first kappa shape index (κ1) is 13.8. The minimum absolute atomic E-state index is 0.258. The molecule has 0 amide bonds. The van der Waals surface area contributed by atoms with Crippen LogP contribution in [0, 0.1) is 11.8 Å². The third kappa shape index (κ3) is 2.66. The fourth-order valence-electron chi connectivity index (χ4n) is 4.25. The van der Waals surface area contributed by atoms with E-state index in [1.54, 1.807) is 11.8 Å². The molecule has 4 rings (SSSR count). The minimum Gasteiger partial charge on any atom is -0.300 e. The van der Waals surface area contributed by atoms with E-state index in [1.165, 1.54) is 32.1 Å². The Morgan fingerprint density at radius 3 is 2.62 bits per heavy atom. The maximum Gasteiger partial charge on any atom is 0.219 e. The molecule has 2 unspecified atom stereocenters. The van der Waals surface area contributed by atoms with Gasteiger partial charge in [0.15, 0.2) is 0 Å². The summed E-state index contributed by atoms with van der Waals surface area (Å²) in [6.07, 6.45) is 6.66. The molecule has 1 aromatic rings. The van der Waals surface area contributed by atoms with Gasteiger partial charge in [-0.15, -0.1) is 0 Å². The van der Waals surface area contributed by atoms with E-state index in [-0.39, 0.29) is 5.12 Å². The summed E-state index contributed by atoms with van der Waals surface area (Å²) in [4.78, 5) is 15.0. The van der Waals surface area contributed by atoms with Gasteiger partial charge in [0.2, 0.25) is 5.12 Å². The zero-order valence-electron chi connectivity index (χ0n) is 12.6. The summed E-state index contributed by atoms with van der Waals surface area (Å²) in [5.41, 5.74) is 0.855. The van der Waals surface area contributed by atoms with Crippen LogP contribution in [0.3, 0.4) is 0 Å². The van der Waals surface area contributed by atoms with Crippen LogP contribution < -0.4 is 0 Å². The average Bonchev–Trinajstić information content (AvgIpc) is 3.29. The van der Waals surface area contributed by atoms with Crippen LogP contribution >= 0.6 is 11.8 Å². The van der Waals surface area contributed by atoms with Crippen LogP contribution in [0.2, 0.25) is 0 Å². The molecule has 0 aliphatic heterocycles. The van der Waals surface area contributed by atoms with Crippen LogP contribution in [-0.4, -0.2) is 34.4 Å². The molecule has 3 saturated carbocycles. The van der Waals surface area contributed by atoms with Crippen LogP contribution in [0.4, 0.5) is 0 Å². The highest BCUT2D eigenvalue weighted by atomic mass is 32.2. The molecule has 0 aromatic heterocycles. The SMILES string of the molecule is CN(C1CC1)C1C[C@H]2CC(SC(=O)c3ccccc3)C[C@@H]12. The van der Waals surface area contributed by atoms with E-state index in [0.29, 0.717) is 5.25 Å². The Balaban J connectivity index is 1.34. The lowest BCUT2D eigenvalue weighted by molar-refractivity contribution is 0.0350. The van der Waals surface area contributed by atoms with Gasteiger partial charge in [0.25, 0.3) is 0 Å². The molecule has 2 nitrogen and oxygen atoms in total. The van der Waals surface area contributed by atoms with Gasteiger partial charge in [-0.2, -0.15) is 0 Å². The Morgan fingerprint density at radius 2 is 1.90 bits per heavy atom. The number of hydrogen-bond donors (Lipinski definition) is 0. The Bertz CT molecular complexity index is 527. The van der Waals surface area contributed by atoms with Crippen molar-refractivity contribution < 1.29 is 4.79 Å². The van der Waals surface area contributed by atoms with E-state index in [9.17, 15) is 4.79 Å². The molecule has 0 bridgehead atoms. The maximum atomic E-state index is 12.3. The number of rotatable bonds is 4. The van der Waals surface area contributed by atoms with Gasteiger partial charge in [-0.3, -0.25) is 4.79 Å². The quantitative estimate of drug-likeness (QED) is 0.843. The fraction of sp³-hybridized carbons (Fsp3) is 0.611. The first-order chi connectivity index (χ1) is 10.2. The van der Waals surface area contributed by atoms with Crippen LogP contribution in [0.15, 0.2) is 30.3 Å².